The number of anilines is 1. The van der Waals surface area contributed by atoms with Gasteiger partial charge < -0.3 is 9.73 Å². The number of carbonyl (C=O) groups is 1. The minimum atomic E-state index is -3.83. The van der Waals surface area contributed by atoms with Crippen molar-refractivity contribution in [1.82, 2.24) is 4.98 Å². The van der Waals surface area contributed by atoms with E-state index < -0.39 is 15.9 Å². The average molecular weight is 343 g/mol. The molecule has 1 heterocycles. The molecule has 3 N–H and O–H groups in total. The molecule has 1 aromatic heterocycles. The maximum Gasteiger partial charge on any atom is 0.248 e. The molecule has 1 amide bonds. The highest BCUT2D eigenvalue weighted by Crippen LogP contribution is 2.16. The molecule has 0 atom stereocenters. The molecule has 0 aliphatic rings. The summed E-state index contributed by atoms with van der Waals surface area (Å²) in [5.41, 5.74) is 1.63. The van der Waals surface area contributed by atoms with Crippen LogP contribution in [-0.4, -0.2) is 19.3 Å². The summed E-state index contributed by atoms with van der Waals surface area (Å²) in [6.45, 7) is 0. The third kappa shape index (κ3) is 3.67. The van der Waals surface area contributed by atoms with E-state index >= 15 is 0 Å². The first-order chi connectivity index (χ1) is 11.4. The minimum Gasteiger partial charge on any atom is -0.437 e. The highest BCUT2D eigenvalue weighted by atomic mass is 32.2. The molecular weight excluding hydrogens is 330 g/mol. The van der Waals surface area contributed by atoms with E-state index in [9.17, 15) is 13.2 Å². The zero-order chi connectivity index (χ0) is 17.2. The van der Waals surface area contributed by atoms with Crippen LogP contribution in [0.1, 0.15) is 5.89 Å². The van der Waals surface area contributed by atoms with Crippen LogP contribution in [-0.2, 0) is 14.8 Å². The summed E-state index contributed by atoms with van der Waals surface area (Å²) in [6, 6.07) is 12.9. The third-order valence-corrected chi connectivity index (χ3v) is 4.03. The van der Waals surface area contributed by atoms with Gasteiger partial charge in [-0.25, -0.2) is 18.5 Å². The maximum atomic E-state index is 11.9. The van der Waals surface area contributed by atoms with Crippen LogP contribution in [0, 0.1) is 0 Å². The number of aromatic nitrogens is 1. The number of sulfonamides is 1. The van der Waals surface area contributed by atoms with Gasteiger partial charge in [-0.1, -0.05) is 18.2 Å². The monoisotopic (exact) mass is 343 g/mol. The zero-order valence-electron chi connectivity index (χ0n) is 12.3. The number of amides is 1. The van der Waals surface area contributed by atoms with Crippen LogP contribution in [0.25, 0.3) is 17.2 Å². The predicted molar refractivity (Wildman–Crippen MR) is 89.5 cm³/mol. The van der Waals surface area contributed by atoms with E-state index in [1.54, 1.807) is 18.2 Å². The molecule has 3 aromatic rings. The molecule has 0 aliphatic heterocycles. The number of rotatable bonds is 4. The van der Waals surface area contributed by atoms with Crippen molar-refractivity contribution in [2.24, 2.45) is 5.14 Å². The van der Waals surface area contributed by atoms with Gasteiger partial charge in [-0.2, -0.15) is 0 Å². The Morgan fingerprint density at radius 1 is 1.17 bits per heavy atom. The Morgan fingerprint density at radius 3 is 2.71 bits per heavy atom. The van der Waals surface area contributed by atoms with Gasteiger partial charge in [0.2, 0.25) is 21.8 Å². The SMILES string of the molecule is NS(=O)(=O)c1cccc(NC(=O)/C=C/c2nc3ccccc3o2)c1. The van der Waals surface area contributed by atoms with Crippen LogP contribution in [0.5, 0.6) is 0 Å². The number of para-hydroxylation sites is 2. The van der Waals surface area contributed by atoms with Crippen LogP contribution in [0.15, 0.2) is 63.9 Å². The lowest BCUT2D eigenvalue weighted by Crippen LogP contribution is -2.13. The first-order valence-corrected chi connectivity index (χ1v) is 8.44. The molecule has 0 unspecified atom stereocenters. The number of primary sulfonamides is 1. The molecule has 0 radical (unpaired) electrons. The smallest absolute Gasteiger partial charge is 0.248 e. The number of nitrogens with one attached hydrogen (secondary N) is 1. The Bertz CT molecular complexity index is 1010. The second kappa shape index (κ2) is 6.26. The summed E-state index contributed by atoms with van der Waals surface area (Å²) >= 11 is 0. The van der Waals surface area contributed by atoms with Gasteiger partial charge >= 0.3 is 0 Å². The quantitative estimate of drug-likeness (QED) is 0.704. The van der Waals surface area contributed by atoms with E-state index in [0.717, 1.165) is 0 Å². The number of benzene rings is 2. The number of fused-ring (bicyclic) bond motifs is 1. The van der Waals surface area contributed by atoms with Gasteiger partial charge in [0.05, 0.1) is 4.90 Å². The van der Waals surface area contributed by atoms with Crippen LogP contribution in [0.2, 0.25) is 0 Å². The number of oxazole rings is 1. The van der Waals surface area contributed by atoms with Gasteiger partial charge in [-0.15, -0.1) is 0 Å². The number of nitrogens with zero attached hydrogens (tertiary/aromatic N) is 1. The molecule has 0 saturated heterocycles. The first kappa shape index (κ1) is 15.9. The summed E-state index contributed by atoms with van der Waals surface area (Å²) in [7, 11) is -3.83. The van der Waals surface area contributed by atoms with Gasteiger partial charge in [-0.3, -0.25) is 4.79 Å². The van der Waals surface area contributed by atoms with E-state index in [1.165, 1.54) is 30.4 Å². The van der Waals surface area contributed by atoms with E-state index in [1.807, 2.05) is 12.1 Å². The Morgan fingerprint density at radius 2 is 1.96 bits per heavy atom. The van der Waals surface area contributed by atoms with Crippen LogP contribution < -0.4 is 10.5 Å². The molecule has 0 fully saturated rings. The largest absolute Gasteiger partial charge is 0.437 e. The summed E-state index contributed by atoms with van der Waals surface area (Å²) < 4.78 is 28.1. The van der Waals surface area contributed by atoms with Crippen molar-refractivity contribution in [3.63, 3.8) is 0 Å². The second-order valence-electron chi connectivity index (χ2n) is 4.92. The van der Waals surface area contributed by atoms with Crippen molar-refractivity contribution in [2.45, 2.75) is 4.90 Å². The summed E-state index contributed by atoms with van der Waals surface area (Å²) in [5, 5.41) is 7.60. The van der Waals surface area contributed by atoms with Crippen molar-refractivity contribution in [3.05, 3.63) is 60.5 Å². The summed E-state index contributed by atoms with van der Waals surface area (Å²) in [6.07, 6.45) is 2.67. The average Bonchev–Trinajstić information content (AvgIpc) is 2.95. The van der Waals surface area contributed by atoms with Gasteiger partial charge in [-0.05, 0) is 30.3 Å². The molecule has 0 saturated carbocycles. The van der Waals surface area contributed by atoms with Crippen LogP contribution in [0.4, 0.5) is 5.69 Å². The fraction of sp³-hybridized carbons (Fsp3) is 0. The van der Waals surface area contributed by atoms with Crippen molar-refractivity contribution in [3.8, 4) is 0 Å². The lowest BCUT2D eigenvalue weighted by molar-refractivity contribution is -0.111. The molecule has 0 spiro atoms. The molecule has 0 aliphatic carbocycles. The van der Waals surface area contributed by atoms with Crippen molar-refractivity contribution < 1.29 is 17.6 Å². The van der Waals surface area contributed by atoms with Gasteiger partial charge in [0.15, 0.2) is 5.58 Å². The van der Waals surface area contributed by atoms with E-state index in [4.69, 9.17) is 9.56 Å². The molecule has 0 bridgehead atoms. The third-order valence-electron chi connectivity index (χ3n) is 3.12. The molecular formula is C16H13N3O4S. The lowest BCUT2D eigenvalue weighted by atomic mass is 10.3. The van der Waals surface area contributed by atoms with Gasteiger partial charge in [0, 0.05) is 17.8 Å². The molecule has 3 rings (SSSR count). The molecule has 8 heteroatoms. The molecule has 122 valence electrons. The molecule has 24 heavy (non-hydrogen) atoms. The Kier molecular flexibility index (Phi) is 4.15. The minimum absolute atomic E-state index is 0.0803. The van der Waals surface area contributed by atoms with E-state index in [2.05, 4.69) is 10.3 Å². The van der Waals surface area contributed by atoms with E-state index in [-0.39, 0.29) is 4.90 Å². The highest BCUT2D eigenvalue weighted by molar-refractivity contribution is 7.89. The summed E-state index contributed by atoms with van der Waals surface area (Å²) in [4.78, 5) is 16.0. The van der Waals surface area contributed by atoms with Gasteiger partial charge in [0.1, 0.15) is 5.52 Å². The Hall–Kier alpha value is -2.97. The summed E-state index contributed by atoms with van der Waals surface area (Å²) in [5.74, 6) is -0.159. The van der Waals surface area contributed by atoms with Gasteiger partial charge in [0.25, 0.3) is 0 Å². The fourth-order valence-electron chi connectivity index (χ4n) is 2.04. The lowest BCUT2D eigenvalue weighted by Gasteiger charge is -2.04. The van der Waals surface area contributed by atoms with Crippen molar-refractivity contribution in [2.75, 3.05) is 5.32 Å². The fourth-order valence-corrected chi connectivity index (χ4v) is 2.60. The maximum absolute atomic E-state index is 11.9. The Labute approximate surface area is 137 Å². The molecule has 2 aromatic carbocycles. The van der Waals surface area contributed by atoms with Crippen LogP contribution in [0.3, 0.4) is 0 Å². The predicted octanol–water partition coefficient (Wildman–Crippen LogP) is 2.13. The van der Waals surface area contributed by atoms with Crippen molar-refractivity contribution in [1.29, 1.82) is 0 Å². The number of hydrogen-bond donors (Lipinski definition) is 2. The number of nitrogens with two attached hydrogens (primary N) is 1. The second-order valence-corrected chi connectivity index (χ2v) is 6.48. The standard InChI is InChI=1S/C16H13N3O4S/c17-24(21,22)12-5-3-4-11(10-12)18-15(20)8-9-16-19-13-6-1-2-7-14(13)23-16/h1-10H,(H,18,20)(H2,17,21,22)/b9-8+. The highest BCUT2D eigenvalue weighted by Gasteiger charge is 2.09. The van der Waals surface area contributed by atoms with E-state index in [0.29, 0.717) is 22.7 Å². The number of carbonyl (C=O) groups excluding carboxylic acids is 1. The first-order valence-electron chi connectivity index (χ1n) is 6.89. The van der Waals surface area contributed by atoms with Crippen molar-refractivity contribution >= 4 is 38.8 Å². The normalized spacial score (nSPS) is 11.9. The topological polar surface area (TPSA) is 115 Å². The number of hydrogen-bond acceptors (Lipinski definition) is 5. The Balaban J connectivity index is 1.73. The molecule has 7 nitrogen and oxygen atoms in total. The van der Waals surface area contributed by atoms with Crippen LogP contribution >= 0.6 is 0 Å². The zero-order valence-corrected chi connectivity index (χ0v) is 13.2.